The van der Waals surface area contributed by atoms with E-state index in [1.54, 1.807) is 0 Å². The van der Waals surface area contributed by atoms with Gasteiger partial charge in [0.2, 0.25) is 0 Å². The van der Waals surface area contributed by atoms with Gasteiger partial charge in [0.05, 0.1) is 6.42 Å². The third-order valence-electron chi connectivity index (χ3n) is 7.48. The lowest BCUT2D eigenvalue weighted by molar-refractivity contribution is -0.137. The van der Waals surface area contributed by atoms with E-state index in [9.17, 15) is 15.0 Å². The van der Waals surface area contributed by atoms with Gasteiger partial charge in [-0.3, -0.25) is 4.79 Å². The van der Waals surface area contributed by atoms with Crippen LogP contribution in [0.2, 0.25) is 0 Å². The van der Waals surface area contributed by atoms with Crippen LogP contribution in [0.15, 0.2) is 12.1 Å². The number of benzene rings is 1. The van der Waals surface area contributed by atoms with Crippen molar-refractivity contribution in [3.63, 3.8) is 0 Å². The Labute approximate surface area is 217 Å². The molecule has 0 aromatic heterocycles. The summed E-state index contributed by atoms with van der Waals surface area (Å²) in [4.78, 5) is 11.6. The van der Waals surface area contributed by atoms with Crippen molar-refractivity contribution in [2.24, 2.45) is 0 Å². The first-order chi connectivity index (χ1) is 16.8. The molecule has 0 aliphatic rings. The van der Waals surface area contributed by atoms with Crippen LogP contribution in [0.25, 0.3) is 0 Å². The van der Waals surface area contributed by atoms with Gasteiger partial charge in [-0.15, -0.1) is 0 Å². The predicted molar refractivity (Wildman–Crippen MR) is 151 cm³/mol. The molecule has 0 saturated heterocycles. The second-order valence-corrected chi connectivity index (χ2v) is 11.4. The zero-order chi connectivity index (χ0) is 26.1. The smallest absolute Gasteiger partial charge is 0.303 e. The molecule has 3 nitrogen and oxygen atoms in total. The molecular formula is C32H56O3. The first kappa shape index (κ1) is 31.5. The lowest BCUT2D eigenvalue weighted by atomic mass is 9.84. The molecule has 1 rings (SSSR count). The van der Waals surface area contributed by atoms with Gasteiger partial charge in [-0.25, -0.2) is 0 Å². The molecule has 1 aromatic rings. The highest BCUT2D eigenvalue weighted by atomic mass is 16.4. The van der Waals surface area contributed by atoms with Gasteiger partial charge < -0.3 is 10.2 Å². The molecule has 0 fully saturated rings. The maximum Gasteiger partial charge on any atom is 0.303 e. The van der Waals surface area contributed by atoms with Crippen LogP contribution in [0.4, 0.5) is 0 Å². The normalized spacial score (nSPS) is 12.5. The Morgan fingerprint density at radius 2 is 1.06 bits per heavy atom. The van der Waals surface area contributed by atoms with Crippen molar-refractivity contribution in [3.8, 4) is 5.75 Å². The number of hydrogen-bond acceptors (Lipinski definition) is 2. The van der Waals surface area contributed by atoms with Crippen LogP contribution in [0, 0.1) is 0 Å². The lowest BCUT2D eigenvalue weighted by Gasteiger charge is -2.22. The first-order valence-corrected chi connectivity index (χ1v) is 14.9. The number of aromatic hydroxyl groups is 1. The molecule has 1 unspecified atom stereocenters. The van der Waals surface area contributed by atoms with Gasteiger partial charge in [0.1, 0.15) is 5.75 Å². The summed E-state index contributed by atoms with van der Waals surface area (Å²) in [5, 5.41) is 20.3. The SMILES string of the molecule is CCCCCCCCCCCCCCCCCC(CC(=O)O)c1cc(C(C)C)c(O)c(C(C)C)c1. The summed E-state index contributed by atoms with van der Waals surface area (Å²) in [7, 11) is 0. The zero-order valence-electron chi connectivity index (χ0n) is 23.7. The van der Waals surface area contributed by atoms with E-state index in [4.69, 9.17) is 0 Å². The van der Waals surface area contributed by atoms with Crippen LogP contribution in [-0.2, 0) is 4.79 Å². The first-order valence-electron chi connectivity index (χ1n) is 14.9. The van der Waals surface area contributed by atoms with Crippen molar-refractivity contribution in [3.05, 3.63) is 28.8 Å². The Hall–Kier alpha value is -1.51. The standard InChI is InChI=1S/C32H56O3/c1-6-7-8-9-10-11-12-13-14-15-16-17-18-19-20-21-27(24-31(33)34)28-22-29(25(2)3)32(35)30(23-28)26(4)5/h22-23,25-27,35H,6-21,24H2,1-5H3,(H,33,34). The molecular weight excluding hydrogens is 432 g/mol. The molecule has 0 aliphatic carbocycles. The minimum atomic E-state index is -0.735. The van der Waals surface area contributed by atoms with Crippen molar-refractivity contribution in [1.82, 2.24) is 0 Å². The molecule has 0 spiro atoms. The topological polar surface area (TPSA) is 57.5 Å². The van der Waals surface area contributed by atoms with Crippen LogP contribution >= 0.6 is 0 Å². The summed E-state index contributed by atoms with van der Waals surface area (Å²) in [6.07, 6.45) is 21.2. The summed E-state index contributed by atoms with van der Waals surface area (Å²) < 4.78 is 0. The summed E-state index contributed by atoms with van der Waals surface area (Å²) in [6, 6.07) is 4.12. The fraction of sp³-hybridized carbons (Fsp3) is 0.781. The van der Waals surface area contributed by atoms with Crippen molar-refractivity contribution in [1.29, 1.82) is 0 Å². The lowest BCUT2D eigenvalue weighted by Crippen LogP contribution is -2.09. The molecule has 2 N–H and O–H groups in total. The van der Waals surface area contributed by atoms with E-state index in [0.717, 1.165) is 29.5 Å². The number of rotatable bonds is 21. The highest BCUT2D eigenvalue weighted by Gasteiger charge is 2.21. The van der Waals surface area contributed by atoms with Gasteiger partial charge in [0.15, 0.2) is 0 Å². The molecule has 0 bridgehead atoms. The Bertz CT molecular complexity index is 663. The Morgan fingerprint density at radius 1 is 0.686 bits per heavy atom. The molecule has 202 valence electrons. The second kappa shape index (κ2) is 18.7. The van der Waals surface area contributed by atoms with Gasteiger partial charge in [-0.05, 0) is 40.9 Å². The minimum Gasteiger partial charge on any atom is -0.507 e. The third kappa shape index (κ3) is 13.4. The molecule has 1 aromatic carbocycles. The largest absolute Gasteiger partial charge is 0.507 e. The molecule has 35 heavy (non-hydrogen) atoms. The van der Waals surface area contributed by atoms with Gasteiger partial charge in [0.25, 0.3) is 0 Å². The number of carboxylic acid groups (broad SMARTS) is 1. The number of unbranched alkanes of at least 4 members (excludes halogenated alkanes) is 14. The summed E-state index contributed by atoms with van der Waals surface area (Å²) >= 11 is 0. The Balaban J connectivity index is 2.36. The van der Waals surface area contributed by atoms with Crippen LogP contribution < -0.4 is 0 Å². The average Bonchev–Trinajstić information content (AvgIpc) is 2.80. The summed E-state index contributed by atoms with van der Waals surface area (Å²) in [5.74, 6) is 0.0959. The van der Waals surface area contributed by atoms with Crippen LogP contribution in [-0.4, -0.2) is 16.2 Å². The van der Waals surface area contributed by atoms with E-state index >= 15 is 0 Å². The van der Waals surface area contributed by atoms with Crippen molar-refractivity contribution in [2.75, 3.05) is 0 Å². The van der Waals surface area contributed by atoms with E-state index in [-0.39, 0.29) is 24.2 Å². The second-order valence-electron chi connectivity index (χ2n) is 11.4. The molecule has 0 radical (unpaired) electrons. The molecule has 0 amide bonds. The fourth-order valence-corrected chi connectivity index (χ4v) is 5.18. The molecule has 0 heterocycles. The Morgan fingerprint density at radius 3 is 1.40 bits per heavy atom. The quantitative estimate of drug-likeness (QED) is 0.169. The van der Waals surface area contributed by atoms with Crippen LogP contribution in [0.1, 0.15) is 178 Å². The van der Waals surface area contributed by atoms with Gasteiger partial charge >= 0.3 is 5.97 Å². The Kier molecular flexibility index (Phi) is 16.9. The minimum absolute atomic E-state index is 0.0186. The number of phenolic OH excluding ortho intramolecular Hbond substituents is 1. The maximum absolute atomic E-state index is 11.6. The molecule has 0 aliphatic heterocycles. The van der Waals surface area contributed by atoms with Gasteiger partial charge in [-0.2, -0.15) is 0 Å². The van der Waals surface area contributed by atoms with E-state index in [1.165, 1.54) is 89.9 Å². The van der Waals surface area contributed by atoms with Crippen LogP contribution in [0.5, 0.6) is 5.75 Å². The van der Waals surface area contributed by atoms with Crippen molar-refractivity contribution in [2.45, 2.75) is 162 Å². The predicted octanol–water partition coefficient (Wildman–Crippen LogP) is 10.5. The van der Waals surface area contributed by atoms with Crippen molar-refractivity contribution >= 4 is 5.97 Å². The highest BCUT2D eigenvalue weighted by Crippen LogP contribution is 2.38. The van der Waals surface area contributed by atoms with Crippen LogP contribution in [0.3, 0.4) is 0 Å². The summed E-state index contributed by atoms with van der Waals surface area (Å²) in [6.45, 7) is 10.6. The maximum atomic E-state index is 11.6. The summed E-state index contributed by atoms with van der Waals surface area (Å²) in [5.41, 5.74) is 2.97. The zero-order valence-corrected chi connectivity index (χ0v) is 23.7. The van der Waals surface area contributed by atoms with Gasteiger partial charge in [-0.1, -0.05) is 143 Å². The molecule has 1 atom stereocenters. The molecule has 0 saturated carbocycles. The number of hydrogen-bond donors (Lipinski definition) is 2. The van der Waals surface area contributed by atoms with E-state index in [1.807, 2.05) is 0 Å². The van der Waals surface area contributed by atoms with E-state index < -0.39 is 5.97 Å². The number of carboxylic acids is 1. The van der Waals surface area contributed by atoms with E-state index in [0.29, 0.717) is 5.75 Å². The third-order valence-corrected chi connectivity index (χ3v) is 7.48. The van der Waals surface area contributed by atoms with Gasteiger partial charge in [0, 0.05) is 0 Å². The number of aliphatic carboxylic acids is 1. The van der Waals surface area contributed by atoms with E-state index in [2.05, 4.69) is 46.8 Å². The van der Waals surface area contributed by atoms with Crippen molar-refractivity contribution < 1.29 is 15.0 Å². The number of carbonyl (C=O) groups is 1. The monoisotopic (exact) mass is 488 g/mol. The number of phenols is 1. The molecule has 3 heteroatoms. The highest BCUT2D eigenvalue weighted by molar-refractivity contribution is 5.68. The average molecular weight is 489 g/mol. The fourth-order valence-electron chi connectivity index (χ4n) is 5.18.